The van der Waals surface area contributed by atoms with Crippen LogP contribution in [0.4, 0.5) is 0 Å². The Morgan fingerprint density at radius 1 is 0.395 bits per heavy atom. The van der Waals surface area contributed by atoms with E-state index in [1.54, 1.807) is 0 Å². The summed E-state index contributed by atoms with van der Waals surface area (Å²) in [6.45, 7) is 7.17. The molecular weight excluding hydrogens is 520 g/mol. The lowest BCUT2D eigenvalue weighted by molar-refractivity contribution is 0.247. The fourth-order valence-corrected chi connectivity index (χ4v) is 5.83. The summed E-state index contributed by atoms with van der Waals surface area (Å²) >= 11 is 0. The van der Waals surface area contributed by atoms with E-state index in [-0.39, 0.29) is 0 Å². The average Bonchev–Trinajstić information content (AvgIpc) is 3.01. The van der Waals surface area contributed by atoms with E-state index in [1.807, 2.05) is 0 Å². The SMILES string of the molecule is CCCCC/C=C\CCC(CCO)CC/C=C\C=C\CCC(/C=C/C=C/CCCCCCCCCC)CCCCCCC. The molecule has 0 spiro atoms. The summed E-state index contributed by atoms with van der Waals surface area (Å²) in [6.07, 6.45) is 57.2. The van der Waals surface area contributed by atoms with E-state index in [2.05, 4.69) is 81.5 Å². The average molecular weight is 597 g/mol. The first-order valence-electron chi connectivity index (χ1n) is 19.2. The van der Waals surface area contributed by atoms with Gasteiger partial charge in [-0.05, 0) is 88.9 Å². The first-order valence-corrected chi connectivity index (χ1v) is 19.2. The Labute approximate surface area is 271 Å². The molecule has 0 saturated carbocycles. The van der Waals surface area contributed by atoms with Crippen LogP contribution in [0.1, 0.15) is 188 Å². The summed E-state index contributed by atoms with van der Waals surface area (Å²) in [7, 11) is 0. The van der Waals surface area contributed by atoms with E-state index < -0.39 is 0 Å². The van der Waals surface area contributed by atoms with Gasteiger partial charge in [-0.25, -0.2) is 0 Å². The number of rotatable bonds is 33. The molecule has 0 heterocycles. The molecule has 0 aromatic carbocycles. The van der Waals surface area contributed by atoms with Gasteiger partial charge in [0.15, 0.2) is 0 Å². The molecule has 2 atom stereocenters. The van der Waals surface area contributed by atoms with Crippen LogP contribution >= 0.6 is 0 Å². The van der Waals surface area contributed by atoms with Crippen molar-refractivity contribution in [3.63, 3.8) is 0 Å². The zero-order chi connectivity index (χ0) is 31.3. The molecule has 43 heavy (non-hydrogen) atoms. The standard InChI is InChI=1S/C42H76O/c1-4-7-10-13-15-16-17-18-19-21-26-30-35-41(34-29-24-12-9-6-3)36-31-27-22-23-28-33-38-42(39-40-43)37-32-25-20-14-11-8-5-2/h20-23,25-28,30,35,41-43H,4-19,24,29,31-34,36-40H2,1-3H3/b25-20-,26-21+,27-22+,28-23-,35-30+. The number of hydrogen-bond acceptors (Lipinski definition) is 1. The lowest BCUT2D eigenvalue weighted by atomic mass is 9.94. The Balaban J connectivity index is 4.32. The van der Waals surface area contributed by atoms with E-state index in [9.17, 15) is 5.11 Å². The van der Waals surface area contributed by atoms with Crippen LogP contribution in [0.2, 0.25) is 0 Å². The van der Waals surface area contributed by atoms with Crippen LogP contribution in [0.25, 0.3) is 0 Å². The fourth-order valence-electron chi connectivity index (χ4n) is 5.83. The summed E-state index contributed by atoms with van der Waals surface area (Å²) in [6, 6.07) is 0. The van der Waals surface area contributed by atoms with Crippen LogP contribution in [-0.2, 0) is 0 Å². The van der Waals surface area contributed by atoms with Crippen molar-refractivity contribution in [2.24, 2.45) is 11.8 Å². The van der Waals surface area contributed by atoms with Gasteiger partial charge in [0.05, 0.1) is 0 Å². The number of allylic oxidation sites excluding steroid dienone is 10. The molecule has 0 aliphatic heterocycles. The third kappa shape index (κ3) is 33.4. The highest BCUT2D eigenvalue weighted by atomic mass is 16.3. The summed E-state index contributed by atoms with van der Waals surface area (Å²) in [5.74, 6) is 1.33. The van der Waals surface area contributed by atoms with E-state index in [0.29, 0.717) is 18.4 Å². The summed E-state index contributed by atoms with van der Waals surface area (Å²) in [5.41, 5.74) is 0. The van der Waals surface area contributed by atoms with Crippen molar-refractivity contribution in [1.29, 1.82) is 0 Å². The van der Waals surface area contributed by atoms with Crippen LogP contribution in [0.5, 0.6) is 0 Å². The molecule has 0 bridgehead atoms. The minimum atomic E-state index is 0.317. The Hall–Kier alpha value is -1.34. The Kier molecular flexibility index (Phi) is 35.7. The molecule has 0 aromatic rings. The molecule has 1 N–H and O–H groups in total. The predicted octanol–water partition coefficient (Wildman–Crippen LogP) is 14.2. The first-order chi connectivity index (χ1) is 21.3. The van der Waals surface area contributed by atoms with Crippen LogP contribution in [0.3, 0.4) is 0 Å². The molecule has 2 unspecified atom stereocenters. The van der Waals surface area contributed by atoms with Crippen molar-refractivity contribution in [2.75, 3.05) is 6.61 Å². The smallest absolute Gasteiger partial charge is 0.0433 e. The largest absolute Gasteiger partial charge is 0.396 e. The van der Waals surface area contributed by atoms with Crippen molar-refractivity contribution in [3.8, 4) is 0 Å². The first kappa shape index (κ1) is 41.7. The zero-order valence-electron chi connectivity index (χ0n) is 29.5. The van der Waals surface area contributed by atoms with Gasteiger partial charge in [-0.3, -0.25) is 0 Å². The number of aliphatic hydroxyl groups is 1. The van der Waals surface area contributed by atoms with Gasteiger partial charge in [0, 0.05) is 6.61 Å². The van der Waals surface area contributed by atoms with E-state index in [0.717, 1.165) is 25.7 Å². The van der Waals surface area contributed by atoms with Gasteiger partial charge in [-0.2, -0.15) is 0 Å². The molecule has 0 fully saturated rings. The highest BCUT2D eigenvalue weighted by Crippen LogP contribution is 2.20. The van der Waals surface area contributed by atoms with Gasteiger partial charge in [-0.15, -0.1) is 0 Å². The van der Waals surface area contributed by atoms with Gasteiger partial charge in [-0.1, -0.05) is 171 Å². The molecule has 0 radical (unpaired) electrons. The highest BCUT2D eigenvalue weighted by molar-refractivity contribution is 5.06. The van der Waals surface area contributed by atoms with Crippen molar-refractivity contribution in [3.05, 3.63) is 60.8 Å². The highest BCUT2D eigenvalue weighted by Gasteiger charge is 2.06. The van der Waals surface area contributed by atoms with Gasteiger partial charge >= 0.3 is 0 Å². The second-order valence-electron chi connectivity index (χ2n) is 13.0. The molecule has 1 heteroatoms. The molecule has 0 aromatic heterocycles. The predicted molar refractivity (Wildman–Crippen MR) is 197 cm³/mol. The van der Waals surface area contributed by atoms with Crippen molar-refractivity contribution in [2.45, 2.75) is 188 Å². The number of aliphatic hydroxyl groups excluding tert-OH is 1. The Bertz CT molecular complexity index is 666. The molecular formula is C42H76O. The second kappa shape index (κ2) is 36.8. The maximum atomic E-state index is 9.47. The second-order valence-corrected chi connectivity index (χ2v) is 13.0. The maximum absolute atomic E-state index is 9.47. The lowest BCUT2D eigenvalue weighted by Crippen LogP contribution is -2.02. The molecule has 0 amide bonds. The topological polar surface area (TPSA) is 20.2 Å². The third-order valence-corrected chi connectivity index (χ3v) is 8.78. The van der Waals surface area contributed by atoms with Gasteiger partial charge < -0.3 is 5.11 Å². The molecule has 0 saturated heterocycles. The molecule has 0 aliphatic rings. The van der Waals surface area contributed by atoms with Crippen LogP contribution < -0.4 is 0 Å². The Morgan fingerprint density at radius 2 is 0.837 bits per heavy atom. The van der Waals surface area contributed by atoms with E-state index in [4.69, 9.17) is 0 Å². The normalized spacial score (nSPS) is 14.0. The molecule has 250 valence electrons. The summed E-state index contributed by atoms with van der Waals surface area (Å²) in [4.78, 5) is 0. The van der Waals surface area contributed by atoms with Crippen molar-refractivity contribution < 1.29 is 5.11 Å². The molecule has 0 aliphatic carbocycles. The fraction of sp³-hybridized carbons (Fsp3) is 0.762. The van der Waals surface area contributed by atoms with Gasteiger partial charge in [0.1, 0.15) is 0 Å². The zero-order valence-corrected chi connectivity index (χ0v) is 29.5. The monoisotopic (exact) mass is 597 g/mol. The minimum absolute atomic E-state index is 0.317. The lowest BCUT2D eigenvalue weighted by Gasteiger charge is -2.13. The van der Waals surface area contributed by atoms with E-state index >= 15 is 0 Å². The van der Waals surface area contributed by atoms with Crippen LogP contribution in [0.15, 0.2) is 60.8 Å². The van der Waals surface area contributed by atoms with Gasteiger partial charge in [0.2, 0.25) is 0 Å². The van der Waals surface area contributed by atoms with Gasteiger partial charge in [0.25, 0.3) is 0 Å². The van der Waals surface area contributed by atoms with Crippen molar-refractivity contribution in [1.82, 2.24) is 0 Å². The third-order valence-electron chi connectivity index (χ3n) is 8.78. The van der Waals surface area contributed by atoms with Crippen LogP contribution in [0, 0.1) is 11.8 Å². The summed E-state index contributed by atoms with van der Waals surface area (Å²) < 4.78 is 0. The summed E-state index contributed by atoms with van der Waals surface area (Å²) in [5, 5.41) is 9.47. The molecule has 1 nitrogen and oxygen atoms in total. The van der Waals surface area contributed by atoms with Crippen LogP contribution in [-0.4, -0.2) is 11.7 Å². The van der Waals surface area contributed by atoms with E-state index in [1.165, 1.54) is 141 Å². The number of hydrogen-bond donors (Lipinski definition) is 1. The quantitative estimate of drug-likeness (QED) is 0.0454. The van der Waals surface area contributed by atoms with Crippen molar-refractivity contribution >= 4 is 0 Å². The maximum Gasteiger partial charge on any atom is 0.0433 e. The number of unbranched alkanes of at least 4 members (excludes halogenated alkanes) is 15. The molecule has 0 rings (SSSR count). The minimum Gasteiger partial charge on any atom is -0.396 e. The Morgan fingerprint density at radius 3 is 1.49 bits per heavy atom.